The van der Waals surface area contributed by atoms with Gasteiger partial charge in [0.25, 0.3) is 0 Å². The Morgan fingerprint density at radius 1 is 1.20 bits per heavy atom. The molecule has 3 rings (SSSR count). The Labute approximate surface area is 147 Å². The van der Waals surface area contributed by atoms with Crippen LogP contribution in [0.4, 0.5) is 5.69 Å². The van der Waals surface area contributed by atoms with E-state index in [2.05, 4.69) is 27.5 Å². The van der Waals surface area contributed by atoms with Crippen LogP contribution < -0.4 is 10.9 Å². The molecule has 6 nitrogen and oxygen atoms in total. The number of nitrogens with zero attached hydrogens (tertiary/aromatic N) is 2. The van der Waals surface area contributed by atoms with Crippen molar-refractivity contribution >= 4 is 5.69 Å². The van der Waals surface area contributed by atoms with E-state index in [0.29, 0.717) is 12.1 Å². The van der Waals surface area contributed by atoms with Crippen LogP contribution in [0.2, 0.25) is 0 Å². The van der Waals surface area contributed by atoms with Gasteiger partial charge in [0.05, 0.1) is 18.9 Å². The maximum absolute atomic E-state index is 12.2. The molecule has 0 radical (unpaired) electrons. The number of rotatable bonds is 7. The van der Waals surface area contributed by atoms with E-state index in [1.807, 2.05) is 25.1 Å². The lowest BCUT2D eigenvalue weighted by molar-refractivity contribution is 0.0378. The molecule has 134 valence electrons. The quantitative estimate of drug-likeness (QED) is 0.776. The molecular weight excluding hydrogens is 318 g/mol. The lowest BCUT2D eigenvalue weighted by Crippen LogP contribution is -2.37. The molecule has 0 aliphatic carbocycles. The van der Waals surface area contributed by atoms with Crippen molar-refractivity contribution < 1.29 is 9.26 Å². The predicted octanol–water partition coefficient (Wildman–Crippen LogP) is 2.07. The first-order valence-electron chi connectivity index (χ1n) is 8.81. The summed E-state index contributed by atoms with van der Waals surface area (Å²) in [5, 5.41) is 7.17. The van der Waals surface area contributed by atoms with E-state index in [0.717, 1.165) is 62.6 Å². The monoisotopic (exact) mass is 343 g/mol. The van der Waals surface area contributed by atoms with E-state index < -0.39 is 5.63 Å². The Morgan fingerprint density at radius 3 is 2.72 bits per heavy atom. The third-order valence-corrected chi connectivity index (χ3v) is 4.49. The van der Waals surface area contributed by atoms with Gasteiger partial charge < -0.3 is 14.6 Å². The van der Waals surface area contributed by atoms with Gasteiger partial charge in [-0.1, -0.05) is 35.5 Å². The van der Waals surface area contributed by atoms with E-state index in [1.165, 1.54) is 0 Å². The molecule has 0 bridgehead atoms. The van der Waals surface area contributed by atoms with Crippen LogP contribution >= 0.6 is 0 Å². The highest BCUT2D eigenvalue weighted by Crippen LogP contribution is 2.18. The van der Waals surface area contributed by atoms with Crippen LogP contribution in [-0.2, 0) is 11.2 Å². The van der Waals surface area contributed by atoms with Crippen molar-refractivity contribution in [2.45, 2.75) is 19.8 Å². The molecule has 0 unspecified atom stereocenters. The lowest BCUT2D eigenvalue weighted by atomic mass is 10.0. The van der Waals surface area contributed by atoms with E-state index in [1.54, 1.807) is 0 Å². The van der Waals surface area contributed by atoms with Crippen LogP contribution in [0.15, 0.2) is 39.6 Å². The van der Waals surface area contributed by atoms with Gasteiger partial charge in [-0.15, -0.1) is 0 Å². The number of benzene rings is 1. The summed E-state index contributed by atoms with van der Waals surface area (Å²) in [5.74, 6) is 0. The zero-order chi connectivity index (χ0) is 17.5. The fourth-order valence-corrected chi connectivity index (χ4v) is 3.05. The lowest BCUT2D eigenvalue weighted by Gasteiger charge is -2.26. The van der Waals surface area contributed by atoms with Crippen molar-refractivity contribution in [3.8, 4) is 0 Å². The molecule has 1 fully saturated rings. The van der Waals surface area contributed by atoms with Crippen molar-refractivity contribution in [3.63, 3.8) is 0 Å². The van der Waals surface area contributed by atoms with E-state index >= 15 is 0 Å². The van der Waals surface area contributed by atoms with Crippen LogP contribution in [0.3, 0.4) is 0 Å². The molecule has 1 aliphatic rings. The summed E-state index contributed by atoms with van der Waals surface area (Å²) in [7, 11) is 0. The Kier molecular flexibility index (Phi) is 6.19. The first-order valence-corrected chi connectivity index (χ1v) is 8.81. The van der Waals surface area contributed by atoms with Crippen molar-refractivity contribution in [2.24, 2.45) is 0 Å². The van der Waals surface area contributed by atoms with Gasteiger partial charge in [-0.2, -0.15) is 0 Å². The smallest absolute Gasteiger partial charge is 0.379 e. The molecule has 25 heavy (non-hydrogen) atoms. The summed E-state index contributed by atoms with van der Waals surface area (Å²) in [6, 6.07) is 10.1. The number of aromatic nitrogens is 1. The molecule has 1 N–H and O–H groups in total. The average molecular weight is 343 g/mol. The number of aryl methyl sites for hydroxylation is 1. The summed E-state index contributed by atoms with van der Waals surface area (Å²) in [6.45, 7) is 7.18. The molecule has 0 saturated carbocycles. The number of hydrogen-bond acceptors (Lipinski definition) is 6. The van der Waals surface area contributed by atoms with Gasteiger partial charge in [0, 0.05) is 31.6 Å². The second-order valence-corrected chi connectivity index (χ2v) is 6.31. The second kappa shape index (κ2) is 8.78. The molecule has 0 atom stereocenters. The summed E-state index contributed by atoms with van der Waals surface area (Å²) >= 11 is 0. The van der Waals surface area contributed by atoms with Crippen LogP contribution in [0.25, 0.3) is 0 Å². The number of nitrogens with one attached hydrogen (secondary N) is 1. The van der Waals surface area contributed by atoms with Gasteiger partial charge in [-0.05, 0) is 25.5 Å². The molecule has 1 saturated heterocycles. The fraction of sp³-hybridized carbons (Fsp3) is 0.474. The largest absolute Gasteiger partial charge is 0.381 e. The zero-order valence-electron chi connectivity index (χ0n) is 14.7. The Morgan fingerprint density at radius 2 is 1.96 bits per heavy atom. The number of anilines is 1. The molecular formula is C19H25N3O3. The van der Waals surface area contributed by atoms with Crippen molar-refractivity contribution in [3.05, 3.63) is 57.6 Å². The maximum atomic E-state index is 12.2. The van der Waals surface area contributed by atoms with Gasteiger partial charge >= 0.3 is 5.63 Å². The molecule has 1 aromatic heterocycles. The number of ether oxygens (including phenoxy) is 1. The van der Waals surface area contributed by atoms with Gasteiger partial charge in [-0.3, -0.25) is 4.90 Å². The van der Waals surface area contributed by atoms with E-state index in [-0.39, 0.29) is 0 Å². The normalized spacial score (nSPS) is 15.2. The minimum atomic E-state index is -0.400. The summed E-state index contributed by atoms with van der Waals surface area (Å²) < 4.78 is 10.3. The Balaban J connectivity index is 1.63. The molecule has 6 heteroatoms. The molecule has 1 aromatic carbocycles. The Bertz CT molecular complexity index is 724. The number of hydrogen-bond donors (Lipinski definition) is 1. The van der Waals surface area contributed by atoms with Gasteiger partial charge in [0.2, 0.25) is 0 Å². The van der Waals surface area contributed by atoms with Crippen LogP contribution in [0.5, 0.6) is 0 Å². The fourth-order valence-electron chi connectivity index (χ4n) is 3.05. The molecule has 0 spiro atoms. The highest BCUT2D eigenvalue weighted by molar-refractivity contribution is 5.51. The van der Waals surface area contributed by atoms with Gasteiger partial charge in [0.15, 0.2) is 0 Å². The van der Waals surface area contributed by atoms with Gasteiger partial charge in [-0.25, -0.2) is 4.79 Å². The molecule has 2 heterocycles. The van der Waals surface area contributed by atoms with E-state index in [4.69, 9.17) is 9.26 Å². The maximum Gasteiger partial charge on any atom is 0.381 e. The second-order valence-electron chi connectivity index (χ2n) is 6.31. The Hall–Kier alpha value is -2.18. The van der Waals surface area contributed by atoms with Crippen molar-refractivity contribution in [1.29, 1.82) is 0 Å². The summed E-state index contributed by atoms with van der Waals surface area (Å²) in [5.41, 5.74) is 2.95. The first-order chi connectivity index (χ1) is 12.2. The third-order valence-electron chi connectivity index (χ3n) is 4.49. The highest BCUT2D eigenvalue weighted by atomic mass is 16.5. The molecule has 2 aromatic rings. The third kappa shape index (κ3) is 4.90. The first kappa shape index (κ1) is 17.6. The minimum Gasteiger partial charge on any atom is -0.379 e. The van der Waals surface area contributed by atoms with Crippen LogP contribution in [0.1, 0.15) is 23.2 Å². The summed E-state index contributed by atoms with van der Waals surface area (Å²) in [4.78, 5) is 14.5. The minimum absolute atomic E-state index is 0.400. The van der Waals surface area contributed by atoms with E-state index in [9.17, 15) is 4.79 Å². The van der Waals surface area contributed by atoms with Gasteiger partial charge in [0.1, 0.15) is 5.69 Å². The van der Waals surface area contributed by atoms with Crippen LogP contribution in [-0.4, -0.2) is 49.4 Å². The van der Waals surface area contributed by atoms with Crippen molar-refractivity contribution in [2.75, 3.05) is 44.7 Å². The SMILES string of the molecule is Cc1noc(=O)c(NCCCN2CCOCC2)c1Cc1ccccc1. The molecule has 0 amide bonds. The number of morpholine rings is 1. The van der Waals surface area contributed by atoms with Crippen molar-refractivity contribution in [1.82, 2.24) is 10.1 Å². The summed E-state index contributed by atoms with van der Waals surface area (Å²) in [6.07, 6.45) is 1.63. The zero-order valence-corrected chi connectivity index (χ0v) is 14.7. The molecule has 1 aliphatic heterocycles. The van der Waals surface area contributed by atoms with Crippen LogP contribution in [0, 0.1) is 6.92 Å². The topological polar surface area (TPSA) is 67.6 Å². The predicted molar refractivity (Wildman–Crippen MR) is 97.1 cm³/mol. The highest BCUT2D eigenvalue weighted by Gasteiger charge is 2.14. The average Bonchev–Trinajstić information content (AvgIpc) is 2.65. The standard InChI is InChI=1S/C19H25N3O3/c1-15-17(14-16-6-3-2-4-7-16)18(19(23)25-21-15)20-8-5-9-22-10-12-24-13-11-22/h2-4,6-7,20H,5,8-14H2,1H3.